The van der Waals surface area contributed by atoms with E-state index in [9.17, 15) is 9.59 Å². The standard InChI is InChI=1S/C19H21ClN2O2S/c20-16-14-5-1-2-6-15(14)25-17(16)19(24)22-11-7-13(8-12-22)18(23)21-9-3-4-10-21/h1-2,5-6,13H,3-4,7-12H2. The molecule has 25 heavy (non-hydrogen) atoms. The summed E-state index contributed by atoms with van der Waals surface area (Å²) in [6.45, 7) is 3.06. The van der Waals surface area contributed by atoms with Crippen molar-refractivity contribution in [3.8, 4) is 0 Å². The van der Waals surface area contributed by atoms with Crippen LogP contribution in [0.25, 0.3) is 10.1 Å². The van der Waals surface area contributed by atoms with Gasteiger partial charge in [-0.1, -0.05) is 29.8 Å². The molecule has 0 atom stereocenters. The van der Waals surface area contributed by atoms with Crippen molar-refractivity contribution in [1.82, 2.24) is 9.80 Å². The van der Waals surface area contributed by atoms with Crippen molar-refractivity contribution in [2.75, 3.05) is 26.2 Å². The Morgan fingerprint density at radius 1 is 1.00 bits per heavy atom. The maximum atomic E-state index is 12.9. The molecule has 0 N–H and O–H groups in total. The summed E-state index contributed by atoms with van der Waals surface area (Å²) in [6, 6.07) is 7.83. The van der Waals surface area contributed by atoms with Gasteiger partial charge in [-0.25, -0.2) is 0 Å². The minimum absolute atomic E-state index is 0.00160. The van der Waals surface area contributed by atoms with Crippen LogP contribution in [0.1, 0.15) is 35.4 Å². The second-order valence-electron chi connectivity index (χ2n) is 6.84. The van der Waals surface area contributed by atoms with Gasteiger partial charge in [-0.3, -0.25) is 9.59 Å². The van der Waals surface area contributed by atoms with Gasteiger partial charge >= 0.3 is 0 Å². The lowest BCUT2D eigenvalue weighted by atomic mass is 9.95. The van der Waals surface area contributed by atoms with E-state index >= 15 is 0 Å². The first-order chi connectivity index (χ1) is 12.1. The molecule has 0 radical (unpaired) electrons. The molecule has 4 rings (SSSR count). The van der Waals surface area contributed by atoms with Gasteiger partial charge in [0.05, 0.1) is 5.02 Å². The van der Waals surface area contributed by atoms with Crippen LogP contribution in [0.2, 0.25) is 5.02 Å². The number of nitrogens with zero attached hydrogens (tertiary/aromatic N) is 2. The molecule has 6 heteroatoms. The summed E-state index contributed by atoms with van der Waals surface area (Å²) in [5, 5.41) is 1.50. The average molecular weight is 377 g/mol. The van der Waals surface area contributed by atoms with E-state index in [0.717, 1.165) is 48.9 Å². The molecule has 3 heterocycles. The normalized spacial score (nSPS) is 18.9. The van der Waals surface area contributed by atoms with E-state index in [1.54, 1.807) is 0 Å². The third kappa shape index (κ3) is 3.15. The maximum Gasteiger partial charge on any atom is 0.265 e. The molecule has 4 nitrogen and oxygen atoms in total. The number of benzene rings is 1. The topological polar surface area (TPSA) is 40.6 Å². The molecule has 0 saturated carbocycles. The summed E-state index contributed by atoms with van der Waals surface area (Å²) in [4.78, 5) is 29.9. The lowest BCUT2D eigenvalue weighted by Gasteiger charge is -2.33. The Morgan fingerprint density at radius 2 is 1.68 bits per heavy atom. The Bertz CT molecular complexity index is 805. The minimum Gasteiger partial charge on any atom is -0.342 e. The van der Waals surface area contributed by atoms with Crippen molar-refractivity contribution in [1.29, 1.82) is 0 Å². The first-order valence-electron chi connectivity index (χ1n) is 8.90. The number of halogens is 1. The fourth-order valence-electron chi connectivity index (χ4n) is 3.82. The summed E-state index contributed by atoms with van der Waals surface area (Å²) < 4.78 is 1.04. The first-order valence-corrected chi connectivity index (χ1v) is 10.1. The SMILES string of the molecule is O=C(c1sc2ccccc2c1Cl)N1CCC(C(=O)N2CCCC2)CC1. The third-order valence-corrected chi connectivity index (χ3v) is 6.94. The molecule has 0 spiro atoms. The van der Waals surface area contributed by atoms with Gasteiger partial charge in [-0.05, 0) is 31.7 Å². The van der Waals surface area contributed by atoms with Gasteiger partial charge in [0.2, 0.25) is 5.91 Å². The predicted molar refractivity (Wildman–Crippen MR) is 101 cm³/mol. The maximum absolute atomic E-state index is 12.9. The largest absolute Gasteiger partial charge is 0.342 e. The number of fused-ring (bicyclic) bond motifs is 1. The second kappa shape index (κ2) is 6.96. The van der Waals surface area contributed by atoms with E-state index in [1.165, 1.54) is 11.3 Å². The van der Waals surface area contributed by atoms with Crippen molar-refractivity contribution < 1.29 is 9.59 Å². The predicted octanol–water partition coefficient (Wildman–Crippen LogP) is 4.03. The number of amides is 2. The first kappa shape index (κ1) is 16.9. The van der Waals surface area contributed by atoms with Crippen LogP contribution >= 0.6 is 22.9 Å². The lowest BCUT2D eigenvalue weighted by molar-refractivity contribution is -0.135. The fourth-order valence-corrected chi connectivity index (χ4v) is 5.30. The number of likely N-dealkylation sites (tertiary alicyclic amines) is 2. The van der Waals surface area contributed by atoms with Crippen LogP contribution in [-0.2, 0) is 4.79 Å². The molecular weight excluding hydrogens is 356 g/mol. The van der Waals surface area contributed by atoms with E-state index in [-0.39, 0.29) is 17.7 Å². The molecule has 1 aromatic heterocycles. The molecule has 2 aliphatic heterocycles. The van der Waals surface area contributed by atoms with E-state index in [0.29, 0.717) is 23.0 Å². The zero-order chi connectivity index (χ0) is 17.4. The number of hydrogen-bond acceptors (Lipinski definition) is 3. The number of piperidine rings is 1. The molecule has 2 aliphatic rings. The number of rotatable bonds is 2. The van der Waals surface area contributed by atoms with Crippen LogP contribution in [-0.4, -0.2) is 47.8 Å². The Labute approximate surface area is 156 Å². The highest BCUT2D eigenvalue weighted by molar-refractivity contribution is 7.21. The summed E-state index contributed by atoms with van der Waals surface area (Å²) in [5.41, 5.74) is 0. The number of hydrogen-bond donors (Lipinski definition) is 0. The minimum atomic E-state index is -0.00160. The van der Waals surface area contributed by atoms with Gasteiger partial charge in [0, 0.05) is 42.2 Å². The molecule has 2 amide bonds. The second-order valence-corrected chi connectivity index (χ2v) is 8.27. The highest BCUT2D eigenvalue weighted by atomic mass is 35.5. The highest BCUT2D eigenvalue weighted by Gasteiger charge is 2.32. The van der Waals surface area contributed by atoms with Crippen LogP contribution < -0.4 is 0 Å². The van der Waals surface area contributed by atoms with Crippen LogP contribution in [0.4, 0.5) is 0 Å². The van der Waals surface area contributed by atoms with E-state index in [1.807, 2.05) is 34.1 Å². The Morgan fingerprint density at radius 3 is 2.36 bits per heavy atom. The average Bonchev–Trinajstić information content (AvgIpc) is 3.30. The summed E-state index contributed by atoms with van der Waals surface area (Å²) in [6.07, 6.45) is 3.74. The van der Waals surface area contributed by atoms with Crippen molar-refractivity contribution in [2.24, 2.45) is 5.92 Å². The molecule has 2 fully saturated rings. The molecule has 0 bridgehead atoms. The molecule has 0 unspecified atom stereocenters. The van der Waals surface area contributed by atoms with E-state index < -0.39 is 0 Å². The monoisotopic (exact) mass is 376 g/mol. The number of thiophene rings is 1. The Balaban J connectivity index is 1.44. The Hall–Kier alpha value is -1.59. The fraction of sp³-hybridized carbons (Fsp3) is 0.474. The third-order valence-electron chi connectivity index (χ3n) is 5.28. The van der Waals surface area contributed by atoms with E-state index in [4.69, 9.17) is 11.6 Å². The van der Waals surface area contributed by atoms with Crippen molar-refractivity contribution >= 4 is 44.8 Å². The van der Waals surface area contributed by atoms with Crippen LogP contribution in [0.3, 0.4) is 0 Å². The Kier molecular flexibility index (Phi) is 4.69. The summed E-state index contributed by atoms with van der Waals surface area (Å²) in [5.74, 6) is 0.350. The zero-order valence-corrected chi connectivity index (χ0v) is 15.6. The smallest absolute Gasteiger partial charge is 0.265 e. The van der Waals surface area contributed by atoms with Gasteiger partial charge in [-0.2, -0.15) is 0 Å². The zero-order valence-electron chi connectivity index (χ0n) is 14.0. The van der Waals surface area contributed by atoms with E-state index in [2.05, 4.69) is 0 Å². The van der Waals surface area contributed by atoms with Crippen molar-refractivity contribution in [2.45, 2.75) is 25.7 Å². The summed E-state index contributed by atoms with van der Waals surface area (Å²) >= 11 is 7.89. The lowest BCUT2D eigenvalue weighted by Crippen LogP contribution is -2.43. The van der Waals surface area contributed by atoms with Crippen LogP contribution in [0.15, 0.2) is 24.3 Å². The molecule has 1 aromatic carbocycles. The molecule has 132 valence electrons. The summed E-state index contributed by atoms with van der Waals surface area (Å²) in [7, 11) is 0. The molecule has 0 aliphatic carbocycles. The van der Waals surface area contributed by atoms with Gasteiger partial charge in [-0.15, -0.1) is 11.3 Å². The van der Waals surface area contributed by atoms with Crippen molar-refractivity contribution in [3.63, 3.8) is 0 Å². The molecule has 2 saturated heterocycles. The number of carbonyl (C=O) groups is 2. The van der Waals surface area contributed by atoms with Crippen LogP contribution in [0.5, 0.6) is 0 Å². The van der Waals surface area contributed by atoms with Crippen LogP contribution in [0, 0.1) is 5.92 Å². The van der Waals surface area contributed by atoms with Gasteiger partial charge < -0.3 is 9.80 Å². The molecular formula is C19H21ClN2O2S. The van der Waals surface area contributed by atoms with Crippen molar-refractivity contribution in [3.05, 3.63) is 34.2 Å². The van der Waals surface area contributed by atoms with Gasteiger partial charge in [0.15, 0.2) is 0 Å². The van der Waals surface area contributed by atoms with Gasteiger partial charge in [0.25, 0.3) is 5.91 Å². The highest BCUT2D eigenvalue weighted by Crippen LogP contribution is 2.36. The number of carbonyl (C=O) groups excluding carboxylic acids is 2. The van der Waals surface area contributed by atoms with Gasteiger partial charge in [0.1, 0.15) is 4.88 Å². The quantitative estimate of drug-likeness (QED) is 0.793. The molecule has 2 aromatic rings.